The maximum Gasteiger partial charge on any atom is 0.251 e. The van der Waals surface area contributed by atoms with Gasteiger partial charge in [-0.2, -0.15) is 0 Å². The molecule has 0 bridgehead atoms. The van der Waals surface area contributed by atoms with E-state index in [0.29, 0.717) is 5.56 Å². The van der Waals surface area contributed by atoms with E-state index < -0.39 is 15.6 Å². The van der Waals surface area contributed by atoms with Crippen molar-refractivity contribution in [3.63, 3.8) is 0 Å². The number of carbonyl (C=O) groups excluding carboxylic acids is 1. The SMILES string of the molecule is CC(C)(C)NC(=O)c1cccc(S(=O)(=O)NCc2cccnc2)c1. The molecule has 128 valence electrons. The Morgan fingerprint density at radius 3 is 2.54 bits per heavy atom. The number of nitrogens with zero attached hydrogens (tertiary/aromatic N) is 1. The second-order valence-electron chi connectivity index (χ2n) is 6.42. The van der Waals surface area contributed by atoms with Crippen molar-refractivity contribution in [3.8, 4) is 0 Å². The zero-order chi connectivity index (χ0) is 17.8. The first kappa shape index (κ1) is 18.1. The lowest BCUT2D eigenvalue weighted by molar-refractivity contribution is 0.0919. The smallest absolute Gasteiger partial charge is 0.251 e. The highest BCUT2D eigenvalue weighted by Crippen LogP contribution is 2.13. The molecule has 0 saturated heterocycles. The number of carbonyl (C=O) groups is 1. The second-order valence-corrected chi connectivity index (χ2v) is 8.18. The Labute approximate surface area is 142 Å². The van der Waals surface area contributed by atoms with Gasteiger partial charge in [0.05, 0.1) is 4.90 Å². The van der Waals surface area contributed by atoms with Crippen LogP contribution in [0.3, 0.4) is 0 Å². The van der Waals surface area contributed by atoms with Crippen molar-refractivity contribution in [1.29, 1.82) is 0 Å². The lowest BCUT2D eigenvalue weighted by atomic mass is 10.1. The summed E-state index contributed by atoms with van der Waals surface area (Å²) in [6, 6.07) is 9.48. The quantitative estimate of drug-likeness (QED) is 0.867. The van der Waals surface area contributed by atoms with E-state index in [4.69, 9.17) is 0 Å². The van der Waals surface area contributed by atoms with Crippen molar-refractivity contribution in [3.05, 3.63) is 59.9 Å². The van der Waals surface area contributed by atoms with Crippen molar-refractivity contribution in [2.45, 2.75) is 37.8 Å². The van der Waals surface area contributed by atoms with Crippen LogP contribution in [-0.4, -0.2) is 24.8 Å². The Bertz CT molecular complexity index is 812. The summed E-state index contributed by atoms with van der Waals surface area (Å²) in [6.07, 6.45) is 3.21. The van der Waals surface area contributed by atoms with Gasteiger partial charge in [0, 0.05) is 30.0 Å². The first-order valence-corrected chi connectivity index (χ1v) is 8.97. The van der Waals surface area contributed by atoms with Crippen LogP contribution in [0.2, 0.25) is 0 Å². The van der Waals surface area contributed by atoms with E-state index in [1.807, 2.05) is 20.8 Å². The number of hydrogen-bond donors (Lipinski definition) is 2. The second kappa shape index (κ2) is 7.11. The monoisotopic (exact) mass is 347 g/mol. The fourth-order valence-corrected chi connectivity index (χ4v) is 3.04. The molecule has 0 saturated carbocycles. The van der Waals surface area contributed by atoms with Gasteiger partial charge in [-0.25, -0.2) is 13.1 Å². The van der Waals surface area contributed by atoms with E-state index in [1.165, 1.54) is 12.1 Å². The summed E-state index contributed by atoms with van der Waals surface area (Å²) in [4.78, 5) is 16.2. The van der Waals surface area contributed by atoms with Gasteiger partial charge in [0.1, 0.15) is 0 Å². The van der Waals surface area contributed by atoms with Crippen LogP contribution < -0.4 is 10.0 Å². The van der Waals surface area contributed by atoms with Crippen LogP contribution in [0.1, 0.15) is 36.7 Å². The fraction of sp³-hybridized carbons (Fsp3) is 0.294. The number of sulfonamides is 1. The Hall–Kier alpha value is -2.25. The number of aromatic nitrogens is 1. The average molecular weight is 347 g/mol. The number of benzene rings is 1. The number of rotatable bonds is 5. The molecule has 24 heavy (non-hydrogen) atoms. The minimum atomic E-state index is -3.72. The van der Waals surface area contributed by atoms with E-state index in [-0.39, 0.29) is 17.3 Å². The van der Waals surface area contributed by atoms with Crippen LogP contribution in [0.4, 0.5) is 0 Å². The Kier molecular flexibility index (Phi) is 5.36. The zero-order valence-corrected chi connectivity index (χ0v) is 14.7. The fourth-order valence-electron chi connectivity index (χ4n) is 1.98. The molecule has 1 aromatic carbocycles. The zero-order valence-electron chi connectivity index (χ0n) is 13.9. The number of nitrogens with one attached hydrogen (secondary N) is 2. The average Bonchev–Trinajstić information content (AvgIpc) is 2.53. The predicted octanol–water partition coefficient (Wildman–Crippen LogP) is 2.09. The van der Waals surface area contributed by atoms with Crippen LogP contribution in [0.5, 0.6) is 0 Å². The predicted molar refractivity (Wildman–Crippen MR) is 91.9 cm³/mol. The molecular weight excluding hydrogens is 326 g/mol. The van der Waals surface area contributed by atoms with Gasteiger partial charge in [-0.3, -0.25) is 9.78 Å². The first-order valence-electron chi connectivity index (χ1n) is 7.48. The van der Waals surface area contributed by atoms with Gasteiger partial charge in [-0.05, 0) is 50.6 Å². The van der Waals surface area contributed by atoms with Crippen molar-refractivity contribution < 1.29 is 13.2 Å². The highest BCUT2D eigenvalue weighted by molar-refractivity contribution is 7.89. The van der Waals surface area contributed by atoms with E-state index in [0.717, 1.165) is 5.56 Å². The Morgan fingerprint density at radius 2 is 1.92 bits per heavy atom. The van der Waals surface area contributed by atoms with E-state index >= 15 is 0 Å². The van der Waals surface area contributed by atoms with Crippen molar-refractivity contribution in [2.75, 3.05) is 0 Å². The van der Waals surface area contributed by atoms with Crippen LogP contribution >= 0.6 is 0 Å². The summed E-state index contributed by atoms with van der Waals surface area (Å²) in [6.45, 7) is 5.72. The molecular formula is C17H21N3O3S. The van der Waals surface area contributed by atoms with E-state index in [9.17, 15) is 13.2 Å². The summed E-state index contributed by atoms with van der Waals surface area (Å²) >= 11 is 0. The summed E-state index contributed by atoms with van der Waals surface area (Å²) in [5.41, 5.74) is 0.654. The summed E-state index contributed by atoms with van der Waals surface area (Å²) in [7, 11) is -3.72. The molecule has 1 aromatic heterocycles. The molecule has 0 radical (unpaired) electrons. The summed E-state index contributed by atoms with van der Waals surface area (Å²) < 4.78 is 27.3. The molecule has 0 unspecified atom stereocenters. The number of amides is 1. The van der Waals surface area contributed by atoms with Gasteiger partial charge in [0.25, 0.3) is 5.91 Å². The minimum Gasteiger partial charge on any atom is -0.347 e. The third-order valence-corrected chi connectivity index (χ3v) is 4.48. The molecule has 2 rings (SSSR count). The van der Waals surface area contributed by atoms with Gasteiger partial charge in [-0.1, -0.05) is 12.1 Å². The summed E-state index contributed by atoms with van der Waals surface area (Å²) in [5.74, 6) is -0.313. The van der Waals surface area contributed by atoms with Gasteiger partial charge in [0.2, 0.25) is 10.0 Å². The largest absolute Gasteiger partial charge is 0.347 e. The van der Waals surface area contributed by atoms with Crippen LogP contribution in [0.15, 0.2) is 53.7 Å². The standard InChI is InChI=1S/C17H21N3O3S/c1-17(2,3)20-16(21)14-7-4-8-15(10-14)24(22,23)19-12-13-6-5-9-18-11-13/h4-11,19H,12H2,1-3H3,(H,20,21). The highest BCUT2D eigenvalue weighted by Gasteiger charge is 2.19. The Morgan fingerprint density at radius 1 is 1.17 bits per heavy atom. The molecule has 2 aromatic rings. The molecule has 0 aliphatic rings. The Balaban J connectivity index is 2.16. The molecule has 0 aliphatic heterocycles. The maximum atomic E-state index is 12.4. The molecule has 6 nitrogen and oxygen atoms in total. The van der Waals surface area contributed by atoms with Gasteiger partial charge < -0.3 is 5.32 Å². The highest BCUT2D eigenvalue weighted by atomic mass is 32.2. The third kappa shape index (κ3) is 5.14. The van der Waals surface area contributed by atoms with E-state index in [2.05, 4.69) is 15.0 Å². The van der Waals surface area contributed by atoms with Gasteiger partial charge in [-0.15, -0.1) is 0 Å². The van der Waals surface area contributed by atoms with Crippen molar-refractivity contribution in [2.24, 2.45) is 0 Å². The molecule has 2 N–H and O–H groups in total. The van der Waals surface area contributed by atoms with Crippen LogP contribution in [0.25, 0.3) is 0 Å². The van der Waals surface area contributed by atoms with Crippen molar-refractivity contribution in [1.82, 2.24) is 15.0 Å². The van der Waals surface area contributed by atoms with Crippen LogP contribution in [-0.2, 0) is 16.6 Å². The maximum absolute atomic E-state index is 12.4. The number of hydrogen-bond acceptors (Lipinski definition) is 4. The molecule has 7 heteroatoms. The summed E-state index contributed by atoms with van der Waals surface area (Å²) in [5, 5.41) is 2.81. The van der Waals surface area contributed by atoms with Gasteiger partial charge >= 0.3 is 0 Å². The molecule has 1 amide bonds. The lowest BCUT2D eigenvalue weighted by Gasteiger charge is -2.20. The third-order valence-electron chi connectivity index (χ3n) is 3.08. The van der Waals surface area contributed by atoms with E-state index in [1.54, 1.807) is 36.7 Å². The normalized spacial score (nSPS) is 12.0. The lowest BCUT2D eigenvalue weighted by Crippen LogP contribution is -2.40. The molecule has 0 spiro atoms. The molecule has 1 heterocycles. The topological polar surface area (TPSA) is 88.2 Å². The number of pyridine rings is 1. The molecule has 0 atom stereocenters. The molecule has 0 fully saturated rings. The first-order chi connectivity index (χ1) is 11.2. The van der Waals surface area contributed by atoms with Crippen LogP contribution in [0, 0.1) is 0 Å². The van der Waals surface area contributed by atoms with Gasteiger partial charge in [0.15, 0.2) is 0 Å². The minimum absolute atomic E-state index is 0.0490. The molecule has 0 aliphatic carbocycles. The van der Waals surface area contributed by atoms with Crippen molar-refractivity contribution >= 4 is 15.9 Å².